The monoisotopic (exact) mass is 342 g/mol. The van der Waals surface area contributed by atoms with Gasteiger partial charge in [-0.15, -0.1) is 11.3 Å². The van der Waals surface area contributed by atoms with E-state index in [9.17, 15) is 9.59 Å². The molecule has 1 fully saturated rings. The van der Waals surface area contributed by atoms with Crippen LogP contribution in [0.3, 0.4) is 0 Å². The van der Waals surface area contributed by atoms with E-state index in [0.29, 0.717) is 12.5 Å². The summed E-state index contributed by atoms with van der Waals surface area (Å²) < 4.78 is 0. The highest BCUT2D eigenvalue weighted by Crippen LogP contribution is 2.50. The molecule has 126 valence electrons. The van der Waals surface area contributed by atoms with Gasteiger partial charge in [0.05, 0.1) is 0 Å². The second-order valence-electron chi connectivity index (χ2n) is 6.35. The van der Waals surface area contributed by atoms with E-state index in [1.807, 2.05) is 30.3 Å². The van der Waals surface area contributed by atoms with Crippen molar-refractivity contribution in [1.29, 1.82) is 0 Å². The second kappa shape index (κ2) is 7.18. The molecule has 0 spiro atoms. The zero-order chi connectivity index (χ0) is 17.1. The summed E-state index contributed by atoms with van der Waals surface area (Å²) in [4.78, 5) is 25.8. The number of rotatable bonds is 6. The highest BCUT2D eigenvalue weighted by atomic mass is 32.1. The molecule has 2 aromatic rings. The highest BCUT2D eigenvalue weighted by molar-refractivity contribution is 7.10. The third kappa shape index (κ3) is 3.85. The minimum Gasteiger partial charge on any atom is -0.350 e. The third-order valence-electron chi connectivity index (χ3n) is 4.43. The van der Waals surface area contributed by atoms with Gasteiger partial charge < -0.3 is 10.6 Å². The molecule has 4 nitrogen and oxygen atoms in total. The summed E-state index contributed by atoms with van der Waals surface area (Å²) in [6.07, 6.45) is 0.880. The van der Waals surface area contributed by atoms with Gasteiger partial charge in [-0.05, 0) is 42.8 Å². The highest BCUT2D eigenvalue weighted by Gasteiger charge is 2.45. The van der Waals surface area contributed by atoms with Crippen LogP contribution < -0.4 is 10.6 Å². The number of benzene rings is 1. The van der Waals surface area contributed by atoms with E-state index in [0.717, 1.165) is 12.0 Å². The third-order valence-corrected chi connectivity index (χ3v) is 5.58. The molecule has 1 aliphatic carbocycles. The summed E-state index contributed by atoms with van der Waals surface area (Å²) in [5.41, 5.74) is 2.30. The Hall–Kier alpha value is -2.14. The zero-order valence-electron chi connectivity index (χ0n) is 13.9. The van der Waals surface area contributed by atoms with Crippen molar-refractivity contribution in [3.8, 4) is 0 Å². The molecule has 0 bridgehead atoms. The lowest BCUT2D eigenvalue weighted by Crippen LogP contribution is -2.45. The Morgan fingerprint density at radius 3 is 2.67 bits per heavy atom. The van der Waals surface area contributed by atoms with E-state index < -0.39 is 6.04 Å². The van der Waals surface area contributed by atoms with Crippen LogP contribution in [0.1, 0.15) is 35.3 Å². The average Bonchev–Trinajstić information content (AvgIpc) is 3.27. The first kappa shape index (κ1) is 16.7. The molecule has 0 saturated heterocycles. The lowest BCUT2D eigenvalue weighted by molar-refractivity contribution is -0.129. The smallest absolute Gasteiger partial charge is 0.242 e. The number of hydrogen-bond acceptors (Lipinski definition) is 3. The summed E-state index contributed by atoms with van der Waals surface area (Å²) in [5.74, 6) is 0.156. The molecular weight excluding hydrogens is 320 g/mol. The van der Waals surface area contributed by atoms with E-state index in [1.165, 1.54) is 10.4 Å². The first-order valence-corrected chi connectivity index (χ1v) is 9.10. The standard InChI is InChI=1S/C19H22N2O2S/c1-12-8-9-24-17(12)15-10-16(15)19(23)21-13(2)18(22)20-11-14-6-4-3-5-7-14/h3-9,13,15-16H,10-11H2,1-2H3,(H,20,22)(H,21,23)/t13-,15+,16-/m0/s1. The van der Waals surface area contributed by atoms with Gasteiger partial charge in [0.1, 0.15) is 6.04 Å². The normalized spacial score (nSPS) is 20.2. The molecule has 1 heterocycles. The van der Waals surface area contributed by atoms with Crippen molar-refractivity contribution in [2.75, 3.05) is 0 Å². The molecule has 1 aromatic heterocycles. The Balaban J connectivity index is 1.46. The van der Waals surface area contributed by atoms with Crippen LogP contribution in [0.15, 0.2) is 41.8 Å². The SMILES string of the molecule is Cc1ccsc1[C@@H]1C[C@@H]1C(=O)N[C@@H](C)C(=O)NCc1ccccc1. The number of carbonyl (C=O) groups is 2. The van der Waals surface area contributed by atoms with Crippen LogP contribution in [0, 0.1) is 12.8 Å². The fraction of sp³-hybridized carbons (Fsp3) is 0.368. The molecule has 2 amide bonds. The number of carbonyl (C=O) groups excluding carboxylic acids is 2. The number of nitrogens with one attached hydrogen (secondary N) is 2. The summed E-state index contributed by atoms with van der Waals surface area (Å²) >= 11 is 1.71. The molecule has 0 unspecified atom stereocenters. The fourth-order valence-electron chi connectivity index (χ4n) is 2.86. The lowest BCUT2D eigenvalue weighted by atomic mass is 10.2. The number of aryl methyl sites for hydroxylation is 1. The molecule has 0 aliphatic heterocycles. The first-order valence-electron chi connectivity index (χ1n) is 8.22. The van der Waals surface area contributed by atoms with E-state index >= 15 is 0 Å². The molecule has 2 N–H and O–H groups in total. The van der Waals surface area contributed by atoms with Crippen molar-refractivity contribution < 1.29 is 9.59 Å². The van der Waals surface area contributed by atoms with Crippen molar-refractivity contribution in [1.82, 2.24) is 10.6 Å². The van der Waals surface area contributed by atoms with Crippen molar-refractivity contribution in [2.45, 2.75) is 38.8 Å². The van der Waals surface area contributed by atoms with Crippen LogP contribution in [0.2, 0.25) is 0 Å². The van der Waals surface area contributed by atoms with Gasteiger partial charge in [-0.2, -0.15) is 0 Å². The maximum atomic E-state index is 12.3. The van der Waals surface area contributed by atoms with E-state index in [-0.39, 0.29) is 17.7 Å². The van der Waals surface area contributed by atoms with Crippen molar-refractivity contribution in [3.63, 3.8) is 0 Å². The van der Waals surface area contributed by atoms with Crippen molar-refractivity contribution in [3.05, 3.63) is 57.8 Å². The summed E-state index contributed by atoms with van der Waals surface area (Å²) in [6.45, 7) is 4.28. The fourth-order valence-corrected chi connectivity index (χ4v) is 3.97. The minimum atomic E-state index is -0.521. The number of hydrogen-bond donors (Lipinski definition) is 2. The largest absolute Gasteiger partial charge is 0.350 e. The average molecular weight is 342 g/mol. The maximum Gasteiger partial charge on any atom is 0.242 e. The summed E-state index contributed by atoms with van der Waals surface area (Å²) in [5, 5.41) is 7.77. The summed E-state index contributed by atoms with van der Waals surface area (Å²) in [6, 6.07) is 11.3. The predicted molar refractivity (Wildman–Crippen MR) is 95.8 cm³/mol. The molecule has 0 radical (unpaired) electrons. The Morgan fingerprint density at radius 2 is 2.00 bits per heavy atom. The number of thiophene rings is 1. The van der Waals surface area contributed by atoms with Crippen LogP contribution in [0.25, 0.3) is 0 Å². The lowest BCUT2D eigenvalue weighted by Gasteiger charge is -2.14. The van der Waals surface area contributed by atoms with E-state index in [2.05, 4.69) is 29.0 Å². The molecular formula is C19H22N2O2S. The van der Waals surface area contributed by atoms with Crippen molar-refractivity contribution >= 4 is 23.2 Å². The maximum absolute atomic E-state index is 12.3. The van der Waals surface area contributed by atoms with Gasteiger partial charge >= 0.3 is 0 Å². The van der Waals surface area contributed by atoms with Gasteiger partial charge in [0.2, 0.25) is 11.8 Å². The van der Waals surface area contributed by atoms with Gasteiger partial charge in [0.15, 0.2) is 0 Å². The van der Waals surface area contributed by atoms with E-state index in [1.54, 1.807) is 18.3 Å². The topological polar surface area (TPSA) is 58.2 Å². The van der Waals surface area contributed by atoms with E-state index in [4.69, 9.17) is 0 Å². The quantitative estimate of drug-likeness (QED) is 0.848. The Kier molecular flexibility index (Phi) is 5.00. The second-order valence-corrected chi connectivity index (χ2v) is 7.30. The molecule has 5 heteroatoms. The number of amides is 2. The van der Waals surface area contributed by atoms with Gasteiger partial charge in [-0.25, -0.2) is 0 Å². The summed E-state index contributed by atoms with van der Waals surface area (Å²) in [7, 11) is 0. The van der Waals surface area contributed by atoms with Crippen LogP contribution in [-0.2, 0) is 16.1 Å². The zero-order valence-corrected chi connectivity index (χ0v) is 14.7. The molecule has 3 atom stereocenters. The Labute approximate surface area is 146 Å². The van der Waals surface area contributed by atoms with Gasteiger partial charge in [-0.3, -0.25) is 9.59 Å². The molecule has 1 saturated carbocycles. The molecule has 1 aliphatic rings. The van der Waals surface area contributed by atoms with Crippen molar-refractivity contribution in [2.24, 2.45) is 5.92 Å². The van der Waals surface area contributed by atoms with Gasteiger partial charge in [-0.1, -0.05) is 30.3 Å². The van der Waals surface area contributed by atoms with Gasteiger partial charge in [0, 0.05) is 23.3 Å². The molecule has 1 aromatic carbocycles. The first-order chi connectivity index (χ1) is 11.6. The molecule has 3 rings (SSSR count). The van der Waals surface area contributed by atoms with Gasteiger partial charge in [0.25, 0.3) is 0 Å². The van der Waals surface area contributed by atoms with Crippen LogP contribution in [0.5, 0.6) is 0 Å². The molecule has 24 heavy (non-hydrogen) atoms. The van der Waals surface area contributed by atoms with Crippen LogP contribution in [-0.4, -0.2) is 17.9 Å². The van der Waals surface area contributed by atoms with Crippen LogP contribution >= 0.6 is 11.3 Å². The van der Waals surface area contributed by atoms with Crippen LogP contribution in [0.4, 0.5) is 0 Å². The minimum absolute atomic E-state index is 0.00623. The predicted octanol–water partition coefficient (Wildman–Crippen LogP) is 2.98. The Morgan fingerprint density at radius 1 is 1.25 bits per heavy atom. The Bertz CT molecular complexity index is 726.